The van der Waals surface area contributed by atoms with Gasteiger partial charge >= 0.3 is 5.97 Å². The molecular weight excluding hydrogens is 306 g/mol. The highest BCUT2D eigenvalue weighted by Crippen LogP contribution is 2.18. The first-order valence-corrected chi connectivity index (χ1v) is 6.85. The van der Waals surface area contributed by atoms with E-state index in [9.17, 15) is 9.59 Å². The molecule has 0 bridgehead atoms. The summed E-state index contributed by atoms with van der Waals surface area (Å²) >= 11 is 0. The number of nitrogens with two attached hydrogens (primary N) is 1. The molecule has 0 spiro atoms. The number of halogens is 1. The zero-order chi connectivity index (χ0) is 15.2. The molecule has 1 atom stereocenters. The van der Waals surface area contributed by atoms with Crippen LogP contribution in [0.25, 0.3) is 10.9 Å². The first-order chi connectivity index (χ1) is 10.1. The van der Waals surface area contributed by atoms with Crippen LogP contribution in [-0.4, -0.2) is 36.1 Å². The maximum absolute atomic E-state index is 11.9. The van der Waals surface area contributed by atoms with E-state index in [-0.39, 0.29) is 31.5 Å². The number of fused-ring (bicyclic) bond motifs is 1. The second-order valence-corrected chi connectivity index (χ2v) is 4.69. The van der Waals surface area contributed by atoms with E-state index in [0.717, 1.165) is 16.5 Å². The van der Waals surface area contributed by atoms with Crippen LogP contribution in [0.4, 0.5) is 0 Å². The molecule has 1 amide bonds. The second-order valence-electron chi connectivity index (χ2n) is 4.69. The summed E-state index contributed by atoms with van der Waals surface area (Å²) < 4.78 is 4.74. The van der Waals surface area contributed by atoms with Gasteiger partial charge in [-0.3, -0.25) is 9.59 Å². The lowest BCUT2D eigenvalue weighted by molar-refractivity contribution is -0.143. The van der Waals surface area contributed by atoms with Crippen molar-refractivity contribution in [1.29, 1.82) is 0 Å². The van der Waals surface area contributed by atoms with E-state index in [1.807, 2.05) is 30.5 Å². The molecule has 22 heavy (non-hydrogen) atoms. The van der Waals surface area contributed by atoms with Crippen LogP contribution in [0.1, 0.15) is 12.5 Å². The van der Waals surface area contributed by atoms with Gasteiger partial charge in [0.05, 0.1) is 12.6 Å². The quantitative estimate of drug-likeness (QED) is 0.694. The van der Waals surface area contributed by atoms with Crippen molar-refractivity contribution in [3.63, 3.8) is 0 Å². The van der Waals surface area contributed by atoms with Crippen molar-refractivity contribution in [2.75, 3.05) is 13.2 Å². The van der Waals surface area contributed by atoms with Gasteiger partial charge in [-0.05, 0) is 25.0 Å². The van der Waals surface area contributed by atoms with Crippen LogP contribution >= 0.6 is 12.4 Å². The number of ether oxygens (including phenoxy) is 1. The maximum atomic E-state index is 11.9. The summed E-state index contributed by atoms with van der Waals surface area (Å²) in [5.74, 6) is -0.835. The fourth-order valence-corrected chi connectivity index (χ4v) is 2.13. The molecule has 0 saturated heterocycles. The molecule has 1 aromatic heterocycles. The van der Waals surface area contributed by atoms with Crippen molar-refractivity contribution in [2.45, 2.75) is 19.4 Å². The number of aromatic nitrogens is 1. The van der Waals surface area contributed by atoms with E-state index in [0.29, 0.717) is 6.42 Å². The molecule has 0 aliphatic heterocycles. The van der Waals surface area contributed by atoms with Crippen molar-refractivity contribution >= 4 is 35.2 Å². The van der Waals surface area contributed by atoms with Crippen LogP contribution in [0.2, 0.25) is 0 Å². The van der Waals surface area contributed by atoms with E-state index in [4.69, 9.17) is 10.5 Å². The van der Waals surface area contributed by atoms with Gasteiger partial charge in [0.1, 0.15) is 6.54 Å². The van der Waals surface area contributed by atoms with Crippen LogP contribution in [-0.2, 0) is 20.7 Å². The Labute approximate surface area is 134 Å². The smallest absolute Gasteiger partial charge is 0.325 e. The summed E-state index contributed by atoms with van der Waals surface area (Å²) in [6.07, 6.45) is 2.25. The second kappa shape index (κ2) is 8.41. The lowest BCUT2D eigenvalue weighted by Gasteiger charge is -2.11. The molecule has 0 unspecified atom stereocenters. The van der Waals surface area contributed by atoms with Crippen LogP contribution in [0.15, 0.2) is 30.5 Å². The Morgan fingerprint density at radius 2 is 2.09 bits per heavy atom. The third kappa shape index (κ3) is 4.47. The number of hydrogen-bond donors (Lipinski definition) is 3. The highest BCUT2D eigenvalue weighted by atomic mass is 35.5. The fourth-order valence-electron chi connectivity index (χ4n) is 2.13. The van der Waals surface area contributed by atoms with E-state index >= 15 is 0 Å². The first-order valence-electron chi connectivity index (χ1n) is 6.85. The minimum absolute atomic E-state index is 0. The van der Waals surface area contributed by atoms with Gasteiger partial charge in [0.25, 0.3) is 0 Å². The molecule has 7 heteroatoms. The van der Waals surface area contributed by atoms with Crippen LogP contribution < -0.4 is 11.1 Å². The molecule has 0 saturated carbocycles. The number of carbonyl (C=O) groups is 2. The predicted molar refractivity (Wildman–Crippen MR) is 86.9 cm³/mol. The molecular formula is C15H20ClN3O3. The monoisotopic (exact) mass is 325 g/mol. The number of aromatic amines is 1. The number of amides is 1. The minimum Gasteiger partial charge on any atom is -0.465 e. The summed E-state index contributed by atoms with van der Waals surface area (Å²) in [7, 11) is 0. The summed E-state index contributed by atoms with van der Waals surface area (Å²) in [6, 6.07) is 7.11. The van der Waals surface area contributed by atoms with E-state index in [2.05, 4.69) is 10.3 Å². The number of hydrogen-bond acceptors (Lipinski definition) is 4. The molecule has 0 radical (unpaired) electrons. The Bertz CT molecular complexity index is 642. The molecule has 6 nitrogen and oxygen atoms in total. The topological polar surface area (TPSA) is 97.2 Å². The average Bonchev–Trinajstić information content (AvgIpc) is 2.88. The largest absolute Gasteiger partial charge is 0.465 e. The number of esters is 1. The van der Waals surface area contributed by atoms with E-state index in [1.54, 1.807) is 6.92 Å². The van der Waals surface area contributed by atoms with Gasteiger partial charge in [-0.2, -0.15) is 0 Å². The molecule has 0 aliphatic rings. The van der Waals surface area contributed by atoms with Crippen LogP contribution in [0.3, 0.4) is 0 Å². The predicted octanol–water partition coefficient (Wildman–Crippen LogP) is 1.14. The fraction of sp³-hybridized carbons (Fsp3) is 0.333. The number of carbonyl (C=O) groups excluding carboxylic acids is 2. The molecule has 4 N–H and O–H groups in total. The number of benzene rings is 1. The van der Waals surface area contributed by atoms with Gasteiger partial charge in [0.2, 0.25) is 5.91 Å². The molecule has 2 aromatic rings. The Balaban J connectivity index is 0.00000242. The van der Waals surface area contributed by atoms with Crippen LogP contribution in [0, 0.1) is 0 Å². The van der Waals surface area contributed by atoms with E-state index in [1.165, 1.54) is 0 Å². The first kappa shape index (κ1) is 18.0. The van der Waals surface area contributed by atoms with Crippen LogP contribution in [0.5, 0.6) is 0 Å². The molecule has 1 heterocycles. The van der Waals surface area contributed by atoms with E-state index < -0.39 is 12.0 Å². The summed E-state index contributed by atoms with van der Waals surface area (Å²) in [6.45, 7) is 1.84. The minimum atomic E-state index is -0.710. The van der Waals surface area contributed by atoms with Crippen molar-refractivity contribution < 1.29 is 14.3 Å². The maximum Gasteiger partial charge on any atom is 0.325 e. The zero-order valence-electron chi connectivity index (χ0n) is 12.3. The lowest BCUT2D eigenvalue weighted by atomic mass is 10.1. The SMILES string of the molecule is CCOC(=O)CNC(=O)[C@@H](N)Cc1c[nH]c2ccccc12.Cl. The zero-order valence-corrected chi connectivity index (χ0v) is 13.1. The summed E-state index contributed by atoms with van der Waals surface area (Å²) in [5.41, 5.74) is 7.86. The Morgan fingerprint density at radius 3 is 2.82 bits per heavy atom. The molecule has 0 aliphatic carbocycles. The number of para-hydroxylation sites is 1. The highest BCUT2D eigenvalue weighted by molar-refractivity contribution is 5.87. The van der Waals surface area contributed by atoms with Gasteiger partial charge in [0.15, 0.2) is 0 Å². The molecule has 0 fully saturated rings. The summed E-state index contributed by atoms with van der Waals surface area (Å²) in [4.78, 5) is 26.2. The van der Waals surface area contributed by atoms with Gasteiger partial charge in [-0.15, -0.1) is 12.4 Å². The van der Waals surface area contributed by atoms with Gasteiger partial charge in [0, 0.05) is 17.1 Å². The van der Waals surface area contributed by atoms with Crippen molar-refractivity contribution in [3.05, 3.63) is 36.0 Å². The number of rotatable bonds is 6. The highest BCUT2D eigenvalue weighted by Gasteiger charge is 2.17. The van der Waals surface area contributed by atoms with Gasteiger partial charge in [-0.1, -0.05) is 18.2 Å². The Morgan fingerprint density at radius 1 is 1.36 bits per heavy atom. The molecule has 120 valence electrons. The Hall–Kier alpha value is -2.05. The normalized spacial score (nSPS) is 11.5. The van der Waals surface area contributed by atoms with Crippen molar-refractivity contribution in [3.8, 4) is 0 Å². The molecule has 1 aromatic carbocycles. The molecule has 2 rings (SSSR count). The lowest BCUT2D eigenvalue weighted by Crippen LogP contribution is -2.44. The van der Waals surface area contributed by atoms with Gasteiger partial charge in [-0.25, -0.2) is 0 Å². The standard InChI is InChI=1S/C15H19N3O3.ClH/c1-2-21-14(19)9-18-15(20)12(16)7-10-8-17-13-6-4-3-5-11(10)13;/h3-6,8,12,17H,2,7,9,16H2,1H3,(H,18,20);1H/t12-;/m0./s1. The average molecular weight is 326 g/mol. The number of H-pyrrole nitrogens is 1. The van der Waals surface area contributed by atoms with Crippen molar-refractivity contribution in [2.24, 2.45) is 5.73 Å². The number of nitrogens with one attached hydrogen (secondary N) is 2. The van der Waals surface area contributed by atoms with Gasteiger partial charge < -0.3 is 20.8 Å². The Kier molecular flexibility index (Phi) is 6.88. The third-order valence-electron chi connectivity index (χ3n) is 3.16. The third-order valence-corrected chi connectivity index (χ3v) is 3.16. The summed E-state index contributed by atoms with van der Waals surface area (Å²) in [5, 5.41) is 3.53. The van der Waals surface area contributed by atoms with Crippen molar-refractivity contribution in [1.82, 2.24) is 10.3 Å².